The molecule has 2 atom stereocenters. The number of nitrogens with one attached hydrogen (secondary N) is 1. The van der Waals surface area contributed by atoms with Gasteiger partial charge in [0.25, 0.3) is 5.91 Å². The van der Waals surface area contributed by atoms with Gasteiger partial charge < -0.3 is 14.5 Å². The number of hydrogen-bond donors (Lipinski definition) is 1. The van der Waals surface area contributed by atoms with Gasteiger partial charge in [0.05, 0.1) is 11.5 Å². The molecule has 0 aliphatic carbocycles. The fourth-order valence-electron chi connectivity index (χ4n) is 3.64. The molecular formula is C21H21NO6S. The average Bonchev–Trinajstić information content (AvgIpc) is 3.20. The van der Waals surface area contributed by atoms with E-state index in [9.17, 15) is 18.0 Å². The van der Waals surface area contributed by atoms with E-state index >= 15 is 0 Å². The van der Waals surface area contributed by atoms with E-state index in [1.807, 2.05) is 36.4 Å². The van der Waals surface area contributed by atoms with Gasteiger partial charge in [0, 0.05) is 22.4 Å². The predicted molar refractivity (Wildman–Crippen MR) is 109 cm³/mol. The maximum atomic E-state index is 12.6. The van der Waals surface area contributed by atoms with Crippen molar-refractivity contribution in [3.63, 3.8) is 0 Å². The fraction of sp³-hybridized carbons (Fsp3) is 0.333. The minimum absolute atomic E-state index is 0.0538. The quantitative estimate of drug-likeness (QED) is 0.658. The van der Waals surface area contributed by atoms with Crippen molar-refractivity contribution in [2.24, 2.45) is 0 Å². The number of carbonyl (C=O) groups excluding carboxylic acids is 2. The number of esters is 1. The minimum Gasteiger partial charge on any atom is -0.448 e. The van der Waals surface area contributed by atoms with Crippen LogP contribution in [0.4, 0.5) is 0 Å². The molecule has 1 aliphatic heterocycles. The summed E-state index contributed by atoms with van der Waals surface area (Å²) in [4.78, 5) is 24.9. The number of carbonyl (C=O) groups is 2. The first-order chi connectivity index (χ1) is 13.7. The van der Waals surface area contributed by atoms with E-state index in [4.69, 9.17) is 9.15 Å². The molecule has 0 bridgehead atoms. The molecule has 8 heteroatoms. The average molecular weight is 415 g/mol. The van der Waals surface area contributed by atoms with Crippen LogP contribution >= 0.6 is 0 Å². The molecule has 1 amide bonds. The molecule has 4 rings (SSSR count). The van der Waals surface area contributed by atoms with E-state index in [1.54, 1.807) is 6.92 Å². The molecule has 1 fully saturated rings. The van der Waals surface area contributed by atoms with Crippen molar-refractivity contribution >= 4 is 43.5 Å². The molecule has 2 aromatic carbocycles. The second-order valence-corrected chi connectivity index (χ2v) is 9.60. The lowest BCUT2D eigenvalue weighted by Crippen LogP contribution is -2.42. The van der Waals surface area contributed by atoms with Gasteiger partial charge >= 0.3 is 5.97 Å². The summed E-state index contributed by atoms with van der Waals surface area (Å²) in [5.41, 5.74) is 1.24. The molecule has 0 saturated carbocycles. The fourth-order valence-corrected chi connectivity index (χ4v) is 5.31. The van der Waals surface area contributed by atoms with Crippen LogP contribution in [-0.2, 0) is 19.4 Å². The molecule has 0 unspecified atom stereocenters. The zero-order chi connectivity index (χ0) is 20.8. The van der Waals surface area contributed by atoms with Crippen LogP contribution in [0.15, 0.2) is 40.8 Å². The van der Waals surface area contributed by atoms with Crippen molar-refractivity contribution in [3.8, 4) is 0 Å². The van der Waals surface area contributed by atoms with Crippen molar-refractivity contribution in [3.05, 3.63) is 47.7 Å². The van der Waals surface area contributed by atoms with E-state index in [0.29, 0.717) is 17.6 Å². The lowest BCUT2D eigenvalue weighted by atomic mass is 10.1. The molecule has 7 nitrogen and oxygen atoms in total. The highest BCUT2D eigenvalue weighted by Gasteiger charge is 2.31. The number of amides is 1. The number of rotatable bonds is 4. The van der Waals surface area contributed by atoms with E-state index in [1.165, 1.54) is 6.92 Å². The number of furan rings is 1. The lowest BCUT2D eigenvalue weighted by molar-refractivity contribution is -0.129. The van der Waals surface area contributed by atoms with Crippen LogP contribution in [0.1, 0.15) is 29.5 Å². The zero-order valence-electron chi connectivity index (χ0n) is 16.1. The van der Waals surface area contributed by atoms with E-state index in [0.717, 1.165) is 16.2 Å². The highest BCUT2D eigenvalue weighted by molar-refractivity contribution is 7.91. The summed E-state index contributed by atoms with van der Waals surface area (Å²) in [6, 6.07) is 11.1. The molecule has 0 radical (unpaired) electrons. The van der Waals surface area contributed by atoms with Crippen LogP contribution in [0.5, 0.6) is 0 Å². The predicted octanol–water partition coefficient (Wildman–Crippen LogP) is 2.74. The van der Waals surface area contributed by atoms with Crippen LogP contribution in [-0.4, -0.2) is 43.9 Å². The van der Waals surface area contributed by atoms with E-state index in [-0.39, 0.29) is 17.3 Å². The van der Waals surface area contributed by atoms with E-state index in [2.05, 4.69) is 5.32 Å². The maximum Gasteiger partial charge on any atom is 0.375 e. The highest BCUT2D eigenvalue weighted by atomic mass is 32.2. The number of benzene rings is 2. The van der Waals surface area contributed by atoms with Crippen LogP contribution in [0.2, 0.25) is 0 Å². The molecule has 152 valence electrons. The Balaban J connectivity index is 1.52. The number of sulfone groups is 1. The number of ether oxygens (including phenoxy) is 1. The first-order valence-corrected chi connectivity index (χ1v) is 11.2. The van der Waals surface area contributed by atoms with Gasteiger partial charge in [-0.1, -0.05) is 36.4 Å². The third-order valence-electron chi connectivity index (χ3n) is 5.25. The third kappa shape index (κ3) is 3.72. The highest BCUT2D eigenvalue weighted by Crippen LogP contribution is 2.32. The van der Waals surface area contributed by atoms with Crippen LogP contribution in [0.3, 0.4) is 0 Å². The topological polar surface area (TPSA) is 103 Å². The second-order valence-electron chi connectivity index (χ2n) is 7.38. The Hall–Kier alpha value is -2.87. The molecule has 0 spiro atoms. The standard InChI is InChI=1S/C21H21NO6S/c1-12-16-8-7-14-5-3-4-6-17(14)19(16)28-18(12)21(24)27-13(2)20(23)22-15-9-10-29(25,26)11-15/h3-8,13,15H,9-11H2,1-2H3,(H,22,23)/t13-,15-/m1/s1. The monoisotopic (exact) mass is 415 g/mol. The first-order valence-electron chi connectivity index (χ1n) is 9.38. The Morgan fingerprint density at radius 3 is 2.66 bits per heavy atom. The van der Waals surface area contributed by atoms with Gasteiger partial charge in [-0.2, -0.15) is 0 Å². The van der Waals surface area contributed by atoms with Crippen LogP contribution < -0.4 is 5.32 Å². The van der Waals surface area contributed by atoms with Gasteiger partial charge in [0.2, 0.25) is 5.76 Å². The maximum absolute atomic E-state index is 12.6. The largest absolute Gasteiger partial charge is 0.448 e. The molecule has 1 saturated heterocycles. The van der Waals surface area contributed by atoms with Crippen molar-refractivity contribution in [1.29, 1.82) is 0 Å². The van der Waals surface area contributed by atoms with Crippen molar-refractivity contribution < 1.29 is 27.2 Å². The van der Waals surface area contributed by atoms with Crippen molar-refractivity contribution in [2.45, 2.75) is 32.4 Å². The molecule has 29 heavy (non-hydrogen) atoms. The Kier molecular flexibility index (Phi) is 4.82. The molecule has 1 aliphatic rings. The summed E-state index contributed by atoms with van der Waals surface area (Å²) >= 11 is 0. The molecule has 1 N–H and O–H groups in total. The van der Waals surface area contributed by atoms with Crippen LogP contribution in [0, 0.1) is 6.92 Å². The van der Waals surface area contributed by atoms with Gasteiger partial charge in [-0.15, -0.1) is 0 Å². The molecule has 1 aromatic heterocycles. The molecule has 2 heterocycles. The zero-order valence-corrected chi connectivity index (χ0v) is 16.9. The van der Waals surface area contributed by atoms with Gasteiger partial charge in [-0.05, 0) is 25.7 Å². The summed E-state index contributed by atoms with van der Waals surface area (Å²) in [6.45, 7) is 3.22. The van der Waals surface area contributed by atoms with Gasteiger partial charge in [0.1, 0.15) is 5.58 Å². The minimum atomic E-state index is -3.11. The first kappa shape index (κ1) is 19.4. The molecular weight excluding hydrogens is 394 g/mol. The summed E-state index contributed by atoms with van der Waals surface area (Å²) in [5.74, 6) is -1.24. The van der Waals surface area contributed by atoms with Crippen LogP contribution in [0.25, 0.3) is 21.7 Å². The second kappa shape index (κ2) is 7.18. The number of fused-ring (bicyclic) bond motifs is 3. The number of hydrogen-bond acceptors (Lipinski definition) is 6. The normalized spacial score (nSPS) is 19.3. The van der Waals surface area contributed by atoms with Crippen molar-refractivity contribution in [1.82, 2.24) is 5.32 Å². The van der Waals surface area contributed by atoms with Gasteiger partial charge in [-0.3, -0.25) is 4.79 Å². The van der Waals surface area contributed by atoms with Gasteiger partial charge in [-0.25, -0.2) is 13.2 Å². The Morgan fingerprint density at radius 1 is 1.17 bits per heavy atom. The summed E-state index contributed by atoms with van der Waals surface area (Å²) in [7, 11) is -3.11. The summed E-state index contributed by atoms with van der Waals surface area (Å²) < 4.78 is 34.2. The lowest BCUT2D eigenvalue weighted by Gasteiger charge is -2.16. The summed E-state index contributed by atoms with van der Waals surface area (Å²) in [6.07, 6.45) is -0.708. The Morgan fingerprint density at radius 2 is 1.93 bits per heavy atom. The SMILES string of the molecule is Cc1c(C(=O)O[C@H](C)C(=O)N[C@@H]2CCS(=O)(=O)C2)oc2c1ccc1ccccc12. The Labute approximate surface area is 167 Å². The smallest absolute Gasteiger partial charge is 0.375 e. The third-order valence-corrected chi connectivity index (χ3v) is 7.01. The summed E-state index contributed by atoms with van der Waals surface area (Å²) in [5, 5.41) is 5.32. The molecule has 3 aromatic rings. The number of aryl methyl sites for hydroxylation is 1. The van der Waals surface area contributed by atoms with E-state index < -0.39 is 33.9 Å². The van der Waals surface area contributed by atoms with Crippen molar-refractivity contribution in [2.75, 3.05) is 11.5 Å². The van der Waals surface area contributed by atoms with Gasteiger partial charge in [0.15, 0.2) is 15.9 Å². The Bertz CT molecular complexity index is 1230.